The number of fused-ring (bicyclic) bond motifs is 1. The van der Waals surface area contributed by atoms with E-state index in [1.807, 2.05) is 11.0 Å². The Balaban J connectivity index is 2.01. The minimum atomic E-state index is -0.299. The zero-order chi connectivity index (χ0) is 15.0. The lowest BCUT2D eigenvalue weighted by atomic mass is 9.84. The highest BCUT2D eigenvalue weighted by atomic mass is 16.6. The van der Waals surface area contributed by atoms with Crippen molar-refractivity contribution in [3.8, 4) is 5.75 Å². The van der Waals surface area contributed by atoms with Gasteiger partial charge in [0.25, 0.3) is 5.69 Å². The van der Waals surface area contributed by atoms with Crippen LogP contribution < -0.4 is 9.64 Å². The summed E-state index contributed by atoms with van der Waals surface area (Å²) in [7, 11) is 0. The number of nitro benzene ring substituents is 1. The summed E-state index contributed by atoms with van der Waals surface area (Å²) in [5.74, 6) is 0.779. The Morgan fingerprint density at radius 2 is 2.00 bits per heavy atom. The summed E-state index contributed by atoms with van der Waals surface area (Å²) in [5.41, 5.74) is 1.75. The monoisotopic (exact) mass is 292 g/mol. The number of hydrogen-bond donors (Lipinski definition) is 0. The van der Waals surface area contributed by atoms with E-state index in [0.717, 1.165) is 17.7 Å². The lowest BCUT2D eigenvalue weighted by Crippen LogP contribution is -2.37. The molecule has 1 fully saturated rings. The fraction of sp³-hybridized carbons (Fsp3) is 0.600. The van der Waals surface area contributed by atoms with Crippen LogP contribution in [0.15, 0.2) is 12.1 Å². The maximum Gasteiger partial charge on any atom is 0.293 e. The third-order valence-corrected chi connectivity index (χ3v) is 3.99. The van der Waals surface area contributed by atoms with Crippen molar-refractivity contribution in [2.24, 2.45) is 5.41 Å². The standard InChI is InChI=1S/C15H20N2O4/c1-15(2)9-11-7-13(17(18)19)12(8-14(11)21-10-15)16-3-5-20-6-4-16/h7-8H,3-6,9-10H2,1-2H3. The molecule has 0 spiro atoms. The molecule has 6 heteroatoms. The number of nitrogens with zero attached hydrogens (tertiary/aromatic N) is 2. The summed E-state index contributed by atoms with van der Waals surface area (Å²) in [4.78, 5) is 13.1. The second-order valence-electron chi connectivity index (χ2n) is 6.43. The molecule has 2 heterocycles. The van der Waals surface area contributed by atoms with Crippen molar-refractivity contribution in [2.45, 2.75) is 20.3 Å². The van der Waals surface area contributed by atoms with Crippen LogP contribution in [0.2, 0.25) is 0 Å². The van der Waals surface area contributed by atoms with Crippen molar-refractivity contribution in [2.75, 3.05) is 37.8 Å². The molecule has 0 amide bonds. The van der Waals surface area contributed by atoms with Gasteiger partial charge in [-0.05, 0) is 6.42 Å². The molecule has 0 bridgehead atoms. The number of anilines is 1. The van der Waals surface area contributed by atoms with Crippen molar-refractivity contribution in [3.63, 3.8) is 0 Å². The van der Waals surface area contributed by atoms with Gasteiger partial charge in [0.15, 0.2) is 0 Å². The van der Waals surface area contributed by atoms with Gasteiger partial charge < -0.3 is 14.4 Å². The van der Waals surface area contributed by atoms with E-state index in [1.54, 1.807) is 6.07 Å². The molecule has 3 rings (SSSR count). The van der Waals surface area contributed by atoms with Crippen LogP contribution >= 0.6 is 0 Å². The zero-order valence-electron chi connectivity index (χ0n) is 12.4. The number of hydrogen-bond acceptors (Lipinski definition) is 5. The van der Waals surface area contributed by atoms with Crippen LogP contribution in [0.1, 0.15) is 19.4 Å². The van der Waals surface area contributed by atoms with Crippen LogP contribution in [0, 0.1) is 15.5 Å². The van der Waals surface area contributed by atoms with Crippen molar-refractivity contribution in [1.82, 2.24) is 0 Å². The molecule has 1 saturated heterocycles. The predicted molar refractivity (Wildman–Crippen MR) is 79.1 cm³/mol. The summed E-state index contributed by atoms with van der Waals surface area (Å²) in [6.45, 7) is 7.40. The third-order valence-electron chi connectivity index (χ3n) is 3.99. The van der Waals surface area contributed by atoms with E-state index in [0.29, 0.717) is 38.6 Å². The first kappa shape index (κ1) is 14.1. The molecule has 21 heavy (non-hydrogen) atoms. The van der Waals surface area contributed by atoms with E-state index < -0.39 is 0 Å². The Morgan fingerprint density at radius 3 is 2.67 bits per heavy atom. The highest BCUT2D eigenvalue weighted by Gasteiger charge is 2.31. The summed E-state index contributed by atoms with van der Waals surface area (Å²) in [5, 5.41) is 11.4. The first-order valence-corrected chi connectivity index (χ1v) is 7.23. The fourth-order valence-electron chi connectivity index (χ4n) is 2.92. The van der Waals surface area contributed by atoms with Gasteiger partial charge in [0.1, 0.15) is 11.4 Å². The van der Waals surface area contributed by atoms with Crippen LogP contribution in [0.3, 0.4) is 0 Å². The second kappa shape index (κ2) is 5.18. The van der Waals surface area contributed by atoms with Crippen LogP contribution in [0.5, 0.6) is 5.75 Å². The number of benzene rings is 1. The Bertz CT molecular complexity index is 565. The minimum Gasteiger partial charge on any atom is -0.493 e. The Morgan fingerprint density at radius 1 is 1.29 bits per heavy atom. The largest absolute Gasteiger partial charge is 0.493 e. The summed E-state index contributed by atoms with van der Waals surface area (Å²) < 4.78 is 11.1. The Hall–Kier alpha value is -1.82. The zero-order valence-corrected chi connectivity index (χ0v) is 12.4. The van der Waals surface area contributed by atoms with Crippen molar-refractivity contribution < 1.29 is 14.4 Å². The lowest BCUT2D eigenvalue weighted by Gasteiger charge is -2.33. The molecule has 0 aromatic heterocycles. The first-order chi connectivity index (χ1) is 9.96. The molecule has 1 aromatic carbocycles. The summed E-state index contributed by atoms with van der Waals surface area (Å²) in [6.07, 6.45) is 0.798. The van der Waals surface area contributed by atoms with E-state index in [1.165, 1.54) is 0 Å². The topological polar surface area (TPSA) is 64.8 Å². The van der Waals surface area contributed by atoms with Gasteiger partial charge in [-0.25, -0.2) is 0 Å². The van der Waals surface area contributed by atoms with Crippen molar-refractivity contribution in [3.05, 3.63) is 27.8 Å². The van der Waals surface area contributed by atoms with Gasteiger partial charge in [-0.15, -0.1) is 0 Å². The molecule has 2 aliphatic rings. The minimum absolute atomic E-state index is 0.0152. The Labute approximate surface area is 123 Å². The van der Waals surface area contributed by atoms with Crippen molar-refractivity contribution >= 4 is 11.4 Å². The number of nitro groups is 1. The molecule has 0 N–H and O–H groups in total. The molecule has 1 aromatic rings. The molecule has 2 aliphatic heterocycles. The molecule has 114 valence electrons. The quantitative estimate of drug-likeness (QED) is 0.618. The normalized spacial score (nSPS) is 20.6. The molecule has 6 nitrogen and oxygen atoms in total. The molecule has 0 aliphatic carbocycles. The molecule has 0 atom stereocenters. The highest BCUT2D eigenvalue weighted by Crippen LogP contribution is 2.41. The average Bonchev–Trinajstić information content (AvgIpc) is 2.46. The van der Waals surface area contributed by atoms with Gasteiger partial charge in [0.05, 0.1) is 24.7 Å². The maximum atomic E-state index is 11.4. The molecule has 0 unspecified atom stereocenters. The van der Waals surface area contributed by atoms with E-state index in [2.05, 4.69) is 13.8 Å². The smallest absolute Gasteiger partial charge is 0.293 e. The number of rotatable bonds is 2. The predicted octanol–water partition coefficient (Wildman–Crippen LogP) is 2.39. The third kappa shape index (κ3) is 2.81. The van der Waals surface area contributed by atoms with Crippen LogP contribution in [-0.4, -0.2) is 37.8 Å². The van der Waals surface area contributed by atoms with Gasteiger partial charge in [0.2, 0.25) is 0 Å². The van der Waals surface area contributed by atoms with Crippen LogP contribution in [-0.2, 0) is 11.2 Å². The molecular formula is C15H20N2O4. The Kier molecular flexibility index (Phi) is 3.49. The molecule has 0 radical (unpaired) electrons. The average molecular weight is 292 g/mol. The number of morpholine rings is 1. The highest BCUT2D eigenvalue weighted by molar-refractivity contribution is 5.68. The summed E-state index contributed by atoms with van der Waals surface area (Å²) in [6, 6.07) is 3.51. The van der Waals surface area contributed by atoms with Gasteiger partial charge in [-0.3, -0.25) is 10.1 Å². The first-order valence-electron chi connectivity index (χ1n) is 7.23. The number of ether oxygens (including phenoxy) is 2. The van der Waals surface area contributed by atoms with Gasteiger partial charge in [-0.1, -0.05) is 13.8 Å². The SMILES string of the molecule is CC1(C)COc2cc(N3CCOCC3)c([N+](=O)[O-])cc2C1. The van der Waals surface area contributed by atoms with Crippen LogP contribution in [0.25, 0.3) is 0 Å². The van der Waals surface area contributed by atoms with Crippen LogP contribution in [0.4, 0.5) is 11.4 Å². The summed E-state index contributed by atoms with van der Waals surface area (Å²) >= 11 is 0. The van der Waals surface area contributed by atoms with E-state index in [9.17, 15) is 10.1 Å². The maximum absolute atomic E-state index is 11.4. The second-order valence-corrected chi connectivity index (χ2v) is 6.43. The van der Waals surface area contributed by atoms with E-state index >= 15 is 0 Å². The van der Waals surface area contributed by atoms with Crippen molar-refractivity contribution in [1.29, 1.82) is 0 Å². The molecule has 0 saturated carbocycles. The lowest BCUT2D eigenvalue weighted by molar-refractivity contribution is -0.384. The fourth-order valence-corrected chi connectivity index (χ4v) is 2.92. The molecular weight excluding hydrogens is 272 g/mol. The van der Waals surface area contributed by atoms with E-state index in [4.69, 9.17) is 9.47 Å². The van der Waals surface area contributed by atoms with E-state index in [-0.39, 0.29) is 16.0 Å². The van der Waals surface area contributed by atoms with Gasteiger partial charge >= 0.3 is 0 Å². The van der Waals surface area contributed by atoms with Gasteiger partial charge in [0, 0.05) is 36.2 Å². The van der Waals surface area contributed by atoms with Gasteiger partial charge in [-0.2, -0.15) is 0 Å².